The van der Waals surface area contributed by atoms with Gasteiger partial charge in [-0.1, -0.05) is 5.21 Å². The van der Waals surface area contributed by atoms with E-state index in [2.05, 4.69) is 21.9 Å². The first kappa shape index (κ1) is 11.5. The van der Waals surface area contributed by atoms with Crippen molar-refractivity contribution in [2.24, 2.45) is 0 Å². The molecule has 14 heavy (non-hydrogen) atoms. The Hall–Kier alpha value is -0.550. The van der Waals surface area contributed by atoms with Gasteiger partial charge >= 0.3 is 0 Å². The SMILES string of the molecule is CSCCCCNCCn1ccnn1. The summed E-state index contributed by atoms with van der Waals surface area (Å²) in [5, 5.41) is 11.0. The Kier molecular flexibility index (Phi) is 6.43. The minimum absolute atomic E-state index is 0.905. The summed E-state index contributed by atoms with van der Waals surface area (Å²) in [6.45, 7) is 2.99. The van der Waals surface area contributed by atoms with Crippen molar-refractivity contribution in [2.75, 3.05) is 25.1 Å². The Morgan fingerprint density at radius 2 is 2.29 bits per heavy atom. The fraction of sp³-hybridized carbons (Fsp3) is 0.778. The maximum atomic E-state index is 3.89. The van der Waals surface area contributed by atoms with Gasteiger partial charge in [0.25, 0.3) is 0 Å². The third-order valence-corrected chi connectivity index (χ3v) is 2.64. The molecule has 0 saturated carbocycles. The summed E-state index contributed by atoms with van der Waals surface area (Å²) >= 11 is 1.91. The number of hydrogen-bond acceptors (Lipinski definition) is 4. The molecule has 80 valence electrons. The summed E-state index contributed by atoms with van der Waals surface area (Å²) < 4.78 is 1.84. The fourth-order valence-corrected chi connectivity index (χ4v) is 1.66. The first-order valence-electron chi connectivity index (χ1n) is 4.97. The molecule has 1 N–H and O–H groups in total. The van der Waals surface area contributed by atoms with Crippen LogP contribution < -0.4 is 5.32 Å². The first-order chi connectivity index (χ1) is 6.93. The maximum Gasteiger partial charge on any atom is 0.0692 e. The predicted octanol–water partition coefficient (Wildman–Crippen LogP) is 1.01. The Labute approximate surface area is 89.5 Å². The van der Waals surface area contributed by atoms with Gasteiger partial charge in [-0.2, -0.15) is 11.8 Å². The van der Waals surface area contributed by atoms with Crippen molar-refractivity contribution in [3.8, 4) is 0 Å². The quantitative estimate of drug-likeness (QED) is 0.656. The van der Waals surface area contributed by atoms with E-state index in [1.54, 1.807) is 6.20 Å². The summed E-state index contributed by atoms with van der Waals surface area (Å²) in [6.07, 6.45) is 8.31. The molecule has 1 aromatic rings. The van der Waals surface area contributed by atoms with E-state index in [4.69, 9.17) is 0 Å². The molecule has 1 aromatic heterocycles. The predicted molar refractivity (Wildman–Crippen MR) is 60.5 cm³/mol. The second-order valence-electron chi connectivity index (χ2n) is 3.12. The zero-order valence-corrected chi connectivity index (χ0v) is 9.46. The van der Waals surface area contributed by atoms with Crippen molar-refractivity contribution in [3.05, 3.63) is 12.4 Å². The van der Waals surface area contributed by atoms with Crippen LogP contribution in [0.5, 0.6) is 0 Å². The molecule has 0 fully saturated rings. The Balaban J connectivity index is 1.85. The minimum Gasteiger partial charge on any atom is -0.315 e. The van der Waals surface area contributed by atoms with Gasteiger partial charge in [0.15, 0.2) is 0 Å². The van der Waals surface area contributed by atoms with Crippen molar-refractivity contribution in [1.82, 2.24) is 20.3 Å². The smallest absolute Gasteiger partial charge is 0.0692 e. The molecule has 0 aliphatic carbocycles. The molecule has 1 heterocycles. The third kappa shape index (κ3) is 5.24. The van der Waals surface area contributed by atoms with E-state index in [-0.39, 0.29) is 0 Å². The van der Waals surface area contributed by atoms with Crippen LogP contribution in [0.1, 0.15) is 12.8 Å². The topological polar surface area (TPSA) is 42.7 Å². The number of aromatic nitrogens is 3. The van der Waals surface area contributed by atoms with Gasteiger partial charge in [-0.05, 0) is 31.4 Å². The van der Waals surface area contributed by atoms with E-state index in [0.717, 1.165) is 19.6 Å². The third-order valence-electron chi connectivity index (χ3n) is 1.94. The molecule has 0 spiro atoms. The number of nitrogens with zero attached hydrogens (tertiary/aromatic N) is 3. The second kappa shape index (κ2) is 7.82. The van der Waals surface area contributed by atoms with Crippen LogP contribution in [-0.2, 0) is 6.54 Å². The molecule has 0 radical (unpaired) electrons. The van der Waals surface area contributed by atoms with Crippen LogP contribution >= 0.6 is 11.8 Å². The molecule has 0 aromatic carbocycles. The number of nitrogens with one attached hydrogen (secondary N) is 1. The van der Waals surface area contributed by atoms with E-state index in [1.165, 1.54) is 18.6 Å². The standard InChI is InChI=1S/C9H18N4S/c1-14-9-3-2-4-10-5-7-13-8-6-11-12-13/h6,8,10H,2-5,7,9H2,1H3. The number of rotatable bonds is 8. The van der Waals surface area contributed by atoms with E-state index in [9.17, 15) is 0 Å². The maximum absolute atomic E-state index is 3.89. The average molecular weight is 214 g/mol. The van der Waals surface area contributed by atoms with Crippen molar-refractivity contribution >= 4 is 11.8 Å². The van der Waals surface area contributed by atoms with Crippen molar-refractivity contribution in [1.29, 1.82) is 0 Å². The van der Waals surface area contributed by atoms with E-state index in [0.29, 0.717) is 0 Å². The summed E-state index contributed by atoms with van der Waals surface area (Å²) in [5.41, 5.74) is 0. The van der Waals surface area contributed by atoms with Crippen molar-refractivity contribution in [3.63, 3.8) is 0 Å². The second-order valence-corrected chi connectivity index (χ2v) is 4.10. The lowest BCUT2D eigenvalue weighted by Crippen LogP contribution is -2.21. The molecule has 0 aliphatic heterocycles. The summed E-state index contributed by atoms with van der Waals surface area (Å²) in [6, 6.07) is 0. The van der Waals surface area contributed by atoms with Gasteiger partial charge in [-0.3, -0.25) is 4.68 Å². The van der Waals surface area contributed by atoms with Crippen LogP contribution in [-0.4, -0.2) is 40.1 Å². The monoisotopic (exact) mass is 214 g/mol. The summed E-state index contributed by atoms with van der Waals surface area (Å²) in [5.74, 6) is 1.27. The highest BCUT2D eigenvalue weighted by Crippen LogP contribution is 1.97. The lowest BCUT2D eigenvalue weighted by molar-refractivity contribution is 0.533. The summed E-state index contributed by atoms with van der Waals surface area (Å²) in [7, 11) is 0. The van der Waals surface area contributed by atoms with Gasteiger partial charge in [0.2, 0.25) is 0 Å². The Morgan fingerprint density at radius 1 is 1.36 bits per heavy atom. The first-order valence-corrected chi connectivity index (χ1v) is 6.36. The molecule has 0 unspecified atom stereocenters. The molecule has 4 nitrogen and oxygen atoms in total. The zero-order chi connectivity index (χ0) is 10.1. The van der Waals surface area contributed by atoms with Crippen LogP contribution in [0.2, 0.25) is 0 Å². The Morgan fingerprint density at radius 3 is 3.00 bits per heavy atom. The van der Waals surface area contributed by atoms with Crippen molar-refractivity contribution < 1.29 is 0 Å². The normalized spacial score (nSPS) is 10.6. The summed E-state index contributed by atoms with van der Waals surface area (Å²) in [4.78, 5) is 0. The molecular formula is C9H18N4S. The lowest BCUT2D eigenvalue weighted by Gasteiger charge is -2.03. The van der Waals surface area contributed by atoms with Crippen LogP contribution in [0.3, 0.4) is 0 Å². The van der Waals surface area contributed by atoms with Gasteiger partial charge in [-0.15, -0.1) is 5.10 Å². The van der Waals surface area contributed by atoms with Crippen LogP contribution in [0.25, 0.3) is 0 Å². The molecule has 0 amide bonds. The van der Waals surface area contributed by atoms with Gasteiger partial charge in [-0.25, -0.2) is 0 Å². The number of hydrogen-bond donors (Lipinski definition) is 1. The molecular weight excluding hydrogens is 196 g/mol. The van der Waals surface area contributed by atoms with Gasteiger partial charge in [0.05, 0.1) is 12.7 Å². The van der Waals surface area contributed by atoms with Crippen molar-refractivity contribution in [2.45, 2.75) is 19.4 Å². The molecule has 0 saturated heterocycles. The van der Waals surface area contributed by atoms with Gasteiger partial charge < -0.3 is 5.32 Å². The minimum atomic E-state index is 0.905. The largest absolute Gasteiger partial charge is 0.315 e. The van der Waals surface area contributed by atoms with Gasteiger partial charge in [0, 0.05) is 12.7 Å². The molecule has 5 heteroatoms. The fourth-order valence-electron chi connectivity index (χ4n) is 1.17. The molecule has 1 rings (SSSR count). The van der Waals surface area contributed by atoms with Crippen LogP contribution in [0, 0.1) is 0 Å². The van der Waals surface area contributed by atoms with E-state index < -0.39 is 0 Å². The van der Waals surface area contributed by atoms with Gasteiger partial charge in [0.1, 0.15) is 0 Å². The lowest BCUT2D eigenvalue weighted by atomic mass is 10.3. The average Bonchev–Trinajstić information content (AvgIpc) is 2.69. The van der Waals surface area contributed by atoms with E-state index in [1.807, 2.05) is 22.6 Å². The van der Waals surface area contributed by atoms with Crippen LogP contribution in [0.15, 0.2) is 12.4 Å². The van der Waals surface area contributed by atoms with E-state index >= 15 is 0 Å². The highest BCUT2D eigenvalue weighted by Gasteiger charge is 1.91. The highest BCUT2D eigenvalue weighted by atomic mass is 32.2. The number of thioether (sulfide) groups is 1. The van der Waals surface area contributed by atoms with Crippen LogP contribution in [0.4, 0.5) is 0 Å². The Bertz CT molecular complexity index is 213. The molecule has 0 atom stereocenters. The zero-order valence-electron chi connectivity index (χ0n) is 8.65. The molecule has 0 aliphatic rings. The highest BCUT2D eigenvalue weighted by molar-refractivity contribution is 7.98. The number of unbranched alkanes of at least 4 members (excludes halogenated alkanes) is 1. The molecule has 0 bridgehead atoms.